The first kappa shape index (κ1) is 15.7. The quantitative estimate of drug-likeness (QED) is 0.892. The lowest BCUT2D eigenvalue weighted by Gasteiger charge is -2.33. The molecule has 0 atom stereocenters. The fourth-order valence-corrected chi connectivity index (χ4v) is 2.95. The maximum Gasteiger partial charge on any atom is 0.141 e. The van der Waals surface area contributed by atoms with E-state index >= 15 is 0 Å². The van der Waals surface area contributed by atoms with E-state index < -0.39 is 0 Å². The molecule has 1 heterocycles. The van der Waals surface area contributed by atoms with Crippen molar-refractivity contribution >= 4 is 11.6 Å². The van der Waals surface area contributed by atoms with Gasteiger partial charge in [0.05, 0.1) is 5.02 Å². The van der Waals surface area contributed by atoms with Crippen LogP contribution in [-0.4, -0.2) is 30.6 Å². The lowest BCUT2D eigenvalue weighted by atomic mass is 10.0. The van der Waals surface area contributed by atoms with Crippen molar-refractivity contribution in [2.45, 2.75) is 39.3 Å². The van der Waals surface area contributed by atoms with Gasteiger partial charge in [0, 0.05) is 19.1 Å². The molecular formula is C16H24ClFN2. The highest BCUT2D eigenvalue weighted by Crippen LogP contribution is 2.17. The van der Waals surface area contributed by atoms with Crippen molar-refractivity contribution in [3.05, 3.63) is 34.6 Å². The topological polar surface area (TPSA) is 15.3 Å². The molecule has 0 radical (unpaired) electrons. The Labute approximate surface area is 126 Å². The Morgan fingerprint density at radius 2 is 2.05 bits per heavy atom. The Morgan fingerprint density at radius 3 is 2.65 bits per heavy atom. The zero-order chi connectivity index (χ0) is 14.5. The zero-order valence-corrected chi connectivity index (χ0v) is 13.1. The highest BCUT2D eigenvalue weighted by atomic mass is 35.5. The van der Waals surface area contributed by atoms with Crippen molar-refractivity contribution in [2.24, 2.45) is 5.92 Å². The molecule has 1 aromatic rings. The van der Waals surface area contributed by atoms with E-state index in [1.165, 1.54) is 38.5 Å². The number of rotatable bonds is 5. The molecule has 0 unspecified atom stereocenters. The summed E-state index contributed by atoms with van der Waals surface area (Å²) in [5, 5.41) is 3.76. The van der Waals surface area contributed by atoms with Crippen molar-refractivity contribution < 1.29 is 4.39 Å². The van der Waals surface area contributed by atoms with Gasteiger partial charge in [0.25, 0.3) is 0 Å². The molecule has 112 valence electrons. The summed E-state index contributed by atoms with van der Waals surface area (Å²) in [4.78, 5) is 2.54. The first-order chi connectivity index (χ1) is 9.54. The third kappa shape index (κ3) is 4.72. The molecule has 4 heteroatoms. The van der Waals surface area contributed by atoms with Gasteiger partial charge in [0.2, 0.25) is 0 Å². The van der Waals surface area contributed by atoms with Crippen LogP contribution in [-0.2, 0) is 6.54 Å². The predicted molar refractivity (Wildman–Crippen MR) is 82.5 cm³/mol. The van der Waals surface area contributed by atoms with Crippen LogP contribution in [0.4, 0.5) is 4.39 Å². The standard InChI is InChI=1S/C16H24ClFN2/c1-12(2)11-20-7-5-14(6-8-20)19-10-13-3-4-16(18)15(17)9-13/h3-4,9,12,14,19H,5-8,10-11H2,1-2H3. The van der Waals surface area contributed by atoms with Gasteiger partial charge < -0.3 is 10.2 Å². The van der Waals surface area contributed by atoms with Gasteiger partial charge >= 0.3 is 0 Å². The normalized spacial score (nSPS) is 17.9. The minimum atomic E-state index is -0.350. The van der Waals surface area contributed by atoms with E-state index in [2.05, 4.69) is 24.1 Å². The van der Waals surface area contributed by atoms with Gasteiger partial charge in [-0.3, -0.25) is 0 Å². The minimum absolute atomic E-state index is 0.205. The number of piperidine rings is 1. The number of hydrogen-bond donors (Lipinski definition) is 1. The molecule has 2 rings (SSSR count). The summed E-state index contributed by atoms with van der Waals surface area (Å²) in [5.74, 6) is 0.387. The van der Waals surface area contributed by atoms with Gasteiger partial charge in [-0.25, -0.2) is 4.39 Å². The molecule has 0 aliphatic carbocycles. The second-order valence-electron chi connectivity index (χ2n) is 6.10. The van der Waals surface area contributed by atoms with Crippen molar-refractivity contribution in [3.63, 3.8) is 0 Å². The average Bonchev–Trinajstić information content (AvgIpc) is 2.41. The Hall–Kier alpha value is -0.640. The molecule has 1 fully saturated rings. The number of halogens is 2. The summed E-state index contributed by atoms with van der Waals surface area (Å²) in [6.07, 6.45) is 2.36. The maximum absolute atomic E-state index is 13.1. The summed E-state index contributed by atoms with van der Waals surface area (Å²) in [6.45, 7) is 8.82. The number of nitrogens with one attached hydrogen (secondary N) is 1. The Kier molecular flexibility index (Phi) is 5.82. The fraction of sp³-hybridized carbons (Fsp3) is 0.625. The van der Waals surface area contributed by atoms with E-state index in [0.717, 1.165) is 18.0 Å². The van der Waals surface area contributed by atoms with Crippen LogP contribution in [0.2, 0.25) is 5.02 Å². The molecule has 0 aromatic heterocycles. The van der Waals surface area contributed by atoms with Gasteiger partial charge in [-0.2, -0.15) is 0 Å². The molecule has 1 aliphatic rings. The molecule has 1 N–H and O–H groups in total. The highest BCUT2D eigenvalue weighted by Gasteiger charge is 2.19. The van der Waals surface area contributed by atoms with Gasteiger partial charge in [0.1, 0.15) is 5.82 Å². The average molecular weight is 299 g/mol. The van der Waals surface area contributed by atoms with Crippen molar-refractivity contribution in [1.29, 1.82) is 0 Å². The van der Waals surface area contributed by atoms with Gasteiger partial charge in [-0.15, -0.1) is 0 Å². The Morgan fingerprint density at radius 1 is 1.35 bits per heavy atom. The molecular weight excluding hydrogens is 275 g/mol. The summed E-state index contributed by atoms with van der Waals surface area (Å²) in [5.41, 5.74) is 1.04. The van der Waals surface area contributed by atoms with Crippen molar-refractivity contribution in [3.8, 4) is 0 Å². The largest absolute Gasteiger partial charge is 0.310 e. The Bertz CT molecular complexity index is 428. The highest BCUT2D eigenvalue weighted by molar-refractivity contribution is 6.30. The first-order valence-corrected chi connectivity index (χ1v) is 7.82. The van der Waals surface area contributed by atoms with E-state index in [-0.39, 0.29) is 10.8 Å². The SMILES string of the molecule is CC(C)CN1CCC(NCc2ccc(F)c(Cl)c2)CC1. The second kappa shape index (κ2) is 7.39. The molecule has 0 bridgehead atoms. The van der Waals surface area contributed by atoms with Crippen LogP contribution in [0, 0.1) is 11.7 Å². The van der Waals surface area contributed by atoms with E-state index in [0.29, 0.717) is 6.04 Å². The molecule has 1 saturated heterocycles. The molecule has 2 nitrogen and oxygen atoms in total. The number of benzene rings is 1. The monoisotopic (exact) mass is 298 g/mol. The van der Waals surface area contributed by atoms with Crippen LogP contribution >= 0.6 is 11.6 Å². The minimum Gasteiger partial charge on any atom is -0.310 e. The van der Waals surface area contributed by atoms with E-state index in [9.17, 15) is 4.39 Å². The third-order valence-electron chi connectivity index (χ3n) is 3.79. The number of nitrogens with zero attached hydrogens (tertiary/aromatic N) is 1. The van der Waals surface area contributed by atoms with Crippen LogP contribution in [0.3, 0.4) is 0 Å². The van der Waals surface area contributed by atoms with E-state index in [1.54, 1.807) is 12.1 Å². The van der Waals surface area contributed by atoms with Crippen LogP contribution in [0.5, 0.6) is 0 Å². The summed E-state index contributed by atoms with van der Waals surface area (Å²) >= 11 is 5.79. The van der Waals surface area contributed by atoms with Gasteiger partial charge in [0.15, 0.2) is 0 Å². The lowest BCUT2D eigenvalue weighted by Crippen LogP contribution is -2.43. The van der Waals surface area contributed by atoms with Gasteiger partial charge in [-0.1, -0.05) is 31.5 Å². The second-order valence-corrected chi connectivity index (χ2v) is 6.51. The molecule has 0 saturated carbocycles. The zero-order valence-electron chi connectivity index (χ0n) is 12.3. The van der Waals surface area contributed by atoms with E-state index in [1.807, 2.05) is 0 Å². The molecule has 1 aromatic carbocycles. The fourth-order valence-electron chi connectivity index (χ4n) is 2.75. The molecule has 0 amide bonds. The lowest BCUT2D eigenvalue weighted by molar-refractivity contribution is 0.179. The summed E-state index contributed by atoms with van der Waals surface area (Å²) < 4.78 is 13.1. The van der Waals surface area contributed by atoms with Crippen LogP contribution in [0.15, 0.2) is 18.2 Å². The van der Waals surface area contributed by atoms with Gasteiger partial charge in [-0.05, 0) is 49.5 Å². The maximum atomic E-state index is 13.1. The van der Waals surface area contributed by atoms with Crippen molar-refractivity contribution in [1.82, 2.24) is 10.2 Å². The first-order valence-electron chi connectivity index (χ1n) is 7.44. The summed E-state index contributed by atoms with van der Waals surface area (Å²) in [7, 11) is 0. The van der Waals surface area contributed by atoms with Crippen LogP contribution in [0.25, 0.3) is 0 Å². The van der Waals surface area contributed by atoms with Crippen molar-refractivity contribution in [2.75, 3.05) is 19.6 Å². The number of hydrogen-bond acceptors (Lipinski definition) is 2. The van der Waals surface area contributed by atoms with E-state index in [4.69, 9.17) is 11.6 Å². The molecule has 20 heavy (non-hydrogen) atoms. The number of likely N-dealkylation sites (tertiary alicyclic amines) is 1. The predicted octanol–water partition coefficient (Wildman–Crippen LogP) is 3.69. The van der Waals surface area contributed by atoms with Crippen LogP contribution in [0.1, 0.15) is 32.3 Å². The third-order valence-corrected chi connectivity index (χ3v) is 4.08. The van der Waals surface area contributed by atoms with Crippen LogP contribution < -0.4 is 5.32 Å². The molecule has 1 aliphatic heterocycles. The smallest absolute Gasteiger partial charge is 0.141 e. The molecule has 0 spiro atoms. The summed E-state index contributed by atoms with van der Waals surface area (Å²) in [6, 6.07) is 5.49. The Balaban J connectivity index is 1.74.